The number of hydrogen-bond donors (Lipinski definition) is 2. The molecule has 5 nitrogen and oxygen atoms in total. The van der Waals surface area contributed by atoms with Crippen LogP contribution in [0, 0.1) is 0 Å². The summed E-state index contributed by atoms with van der Waals surface area (Å²) in [4.78, 5) is 24.5. The lowest BCUT2D eigenvalue weighted by molar-refractivity contribution is -0.113. The van der Waals surface area contributed by atoms with E-state index in [1.807, 2.05) is 30.3 Å². The van der Waals surface area contributed by atoms with Gasteiger partial charge in [0.1, 0.15) is 0 Å². The second-order valence-corrected chi connectivity index (χ2v) is 4.94. The Morgan fingerprint density at radius 1 is 1.05 bits per heavy atom. The van der Waals surface area contributed by atoms with E-state index in [0.717, 1.165) is 17.1 Å². The highest BCUT2D eigenvalue weighted by atomic mass is 16.4. The van der Waals surface area contributed by atoms with E-state index in [9.17, 15) is 9.59 Å². The number of benzene rings is 2. The zero-order valence-corrected chi connectivity index (χ0v) is 11.7. The predicted octanol–water partition coefficient (Wildman–Crippen LogP) is 2.73. The Balaban J connectivity index is 1.71. The molecule has 3 rings (SSSR count). The van der Waals surface area contributed by atoms with Crippen LogP contribution in [0.1, 0.15) is 10.4 Å². The van der Waals surface area contributed by atoms with Crippen LogP contribution in [-0.4, -0.2) is 23.5 Å². The van der Waals surface area contributed by atoms with Gasteiger partial charge in [-0.2, -0.15) is 0 Å². The Morgan fingerprint density at radius 3 is 2.36 bits per heavy atom. The molecular formula is C17H14N2O3. The Morgan fingerprint density at radius 2 is 1.73 bits per heavy atom. The van der Waals surface area contributed by atoms with E-state index in [0.29, 0.717) is 6.54 Å². The monoisotopic (exact) mass is 294 g/mol. The number of carbonyl (C=O) groups excluding carboxylic acids is 1. The number of carbonyl (C=O) groups is 2. The molecule has 1 aliphatic heterocycles. The van der Waals surface area contributed by atoms with Crippen LogP contribution in [0.25, 0.3) is 0 Å². The van der Waals surface area contributed by atoms with E-state index in [1.165, 1.54) is 12.1 Å². The van der Waals surface area contributed by atoms with Gasteiger partial charge in [-0.1, -0.05) is 18.2 Å². The number of nitrogens with one attached hydrogen (secondary N) is 1. The summed E-state index contributed by atoms with van der Waals surface area (Å²) < 4.78 is 0. The molecule has 110 valence electrons. The van der Waals surface area contributed by atoms with Crippen LogP contribution in [0.2, 0.25) is 0 Å². The predicted molar refractivity (Wildman–Crippen MR) is 83.9 cm³/mol. The topological polar surface area (TPSA) is 69.6 Å². The van der Waals surface area contributed by atoms with Crippen molar-refractivity contribution in [2.45, 2.75) is 0 Å². The largest absolute Gasteiger partial charge is 0.478 e. The van der Waals surface area contributed by atoms with Crippen molar-refractivity contribution < 1.29 is 14.7 Å². The second kappa shape index (κ2) is 5.73. The van der Waals surface area contributed by atoms with Gasteiger partial charge in [-0.3, -0.25) is 4.79 Å². The summed E-state index contributed by atoms with van der Waals surface area (Å²) in [5.74, 6) is -1.03. The molecule has 1 heterocycles. The Kier molecular flexibility index (Phi) is 3.62. The molecule has 0 bridgehead atoms. The number of nitrogens with zero attached hydrogens (tertiary/aromatic N) is 1. The highest BCUT2D eigenvalue weighted by Gasteiger charge is 2.22. The first kappa shape index (κ1) is 13.9. The third kappa shape index (κ3) is 2.83. The standard InChI is InChI=1S/C17H14N2O3/c20-16-10-14(11-19(16)15-4-2-1-3-5-15)18-13-8-6-12(7-9-13)17(21)22/h1-10,18H,11H2,(H,21,22). The molecule has 2 aromatic carbocycles. The van der Waals surface area contributed by atoms with Crippen LogP contribution >= 0.6 is 0 Å². The van der Waals surface area contributed by atoms with Gasteiger partial charge in [0.25, 0.3) is 5.91 Å². The first-order valence-corrected chi connectivity index (χ1v) is 6.81. The van der Waals surface area contributed by atoms with Gasteiger partial charge in [0, 0.05) is 23.1 Å². The Hall–Kier alpha value is -3.08. The number of carboxylic acid groups (broad SMARTS) is 1. The lowest BCUT2D eigenvalue weighted by atomic mass is 10.2. The molecule has 0 atom stereocenters. The molecule has 0 unspecified atom stereocenters. The van der Waals surface area contributed by atoms with E-state index < -0.39 is 5.97 Å². The van der Waals surface area contributed by atoms with Crippen molar-refractivity contribution in [3.8, 4) is 0 Å². The van der Waals surface area contributed by atoms with E-state index in [1.54, 1.807) is 23.1 Å². The van der Waals surface area contributed by atoms with E-state index in [-0.39, 0.29) is 11.5 Å². The molecule has 1 amide bonds. The second-order valence-electron chi connectivity index (χ2n) is 4.94. The molecule has 0 radical (unpaired) electrons. The third-order valence-electron chi connectivity index (χ3n) is 3.40. The first-order valence-electron chi connectivity index (χ1n) is 6.81. The fraction of sp³-hybridized carbons (Fsp3) is 0.0588. The quantitative estimate of drug-likeness (QED) is 0.909. The normalized spacial score (nSPS) is 13.9. The lowest BCUT2D eigenvalue weighted by Crippen LogP contribution is -2.25. The van der Waals surface area contributed by atoms with Gasteiger partial charge in [0.15, 0.2) is 0 Å². The maximum absolute atomic E-state index is 12.1. The van der Waals surface area contributed by atoms with Gasteiger partial charge in [-0.05, 0) is 36.4 Å². The number of rotatable bonds is 4. The minimum atomic E-state index is -0.961. The average molecular weight is 294 g/mol. The van der Waals surface area contributed by atoms with Gasteiger partial charge in [-0.25, -0.2) is 4.79 Å². The number of anilines is 2. The first-order chi connectivity index (χ1) is 10.6. The zero-order valence-electron chi connectivity index (χ0n) is 11.7. The molecule has 0 saturated carbocycles. The molecule has 5 heteroatoms. The SMILES string of the molecule is O=C(O)c1ccc(NC2=CC(=O)N(c3ccccc3)C2)cc1. The van der Waals surface area contributed by atoms with Gasteiger partial charge in [-0.15, -0.1) is 0 Å². The molecule has 22 heavy (non-hydrogen) atoms. The van der Waals surface area contributed by atoms with Crippen LogP contribution in [0.15, 0.2) is 66.4 Å². The number of amides is 1. The summed E-state index contributed by atoms with van der Waals surface area (Å²) >= 11 is 0. The van der Waals surface area contributed by atoms with Crippen molar-refractivity contribution in [2.75, 3.05) is 16.8 Å². The van der Waals surface area contributed by atoms with Crippen molar-refractivity contribution in [2.24, 2.45) is 0 Å². The smallest absolute Gasteiger partial charge is 0.335 e. The Labute approximate surface area is 127 Å². The molecule has 2 N–H and O–H groups in total. The van der Waals surface area contributed by atoms with Crippen LogP contribution < -0.4 is 10.2 Å². The van der Waals surface area contributed by atoms with Gasteiger partial charge in [0.2, 0.25) is 0 Å². The highest BCUT2D eigenvalue weighted by molar-refractivity contribution is 6.05. The molecule has 2 aromatic rings. The molecular weight excluding hydrogens is 280 g/mol. The maximum Gasteiger partial charge on any atom is 0.335 e. The summed E-state index contributed by atoms with van der Waals surface area (Å²) in [6.07, 6.45) is 1.55. The van der Waals surface area contributed by atoms with Crippen LogP contribution in [0.4, 0.5) is 11.4 Å². The van der Waals surface area contributed by atoms with Crippen LogP contribution in [0.3, 0.4) is 0 Å². The third-order valence-corrected chi connectivity index (χ3v) is 3.40. The number of aromatic carboxylic acids is 1. The molecule has 0 fully saturated rings. The van der Waals surface area contributed by atoms with Crippen molar-refractivity contribution in [3.63, 3.8) is 0 Å². The summed E-state index contributed by atoms with van der Waals surface area (Å²) in [7, 11) is 0. The van der Waals surface area contributed by atoms with Crippen molar-refractivity contribution in [1.82, 2.24) is 0 Å². The van der Waals surface area contributed by atoms with Crippen LogP contribution in [-0.2, 0) is 4.79 Å². The molecule has 0 aliphatic carbocycles. The number of hydrogen-bond acceptors (Lipinski definition) is 3. The number of para-hydroxylation sites is 1. The van der Waals surface area contributed by atoms with E-state index in [4.69, 9.17) is 5.11 Å². The van der Waals surface area contributed by atoms with Gasteiger partial charge < -0.3 is 15.3 Å². The van der Waals surface area contributed by atoms with Crippen LogP contribution in [0.5, 0.6) is 0 Å². The Bertz CT molecular complexity index is 736. The molecule has 0 aromatic heterocycles. The van der Waals surface area contributed by atoms with Crippen molar-refractivity contribution >= 4 is 23.3 Å². The molecule has 0 spiro atoms. The summed E-state index contributed by atoms with van der Waals surface area (Å²) in [5.41, 5.74) is 2.60. The maximum atomic E-state index is 12.1. The number of carboxylic acids is 1. The fourth-order valence-corrected chi connectivity index (χ4v) is 2.30. The zero-order chi connectivity index (χ0) is 15.5. The van der Waals surface area contributed by atoms with Gasteiger partial charge in [0.05, 0.1) is 12.1 Å². The average Bonchev–Trinajstić information content (AvgIpc) is 2.89. The van der Waals surface area contributed by atoms with Gasteiger partial charge >= 0.3 is 5.97 Å². The minimum absolute atomic E-state index is 0.0733. The molecule has 1 aliphatic rings. The van der Waals surface area contributed by atoms with Crippen molar-refractivity contribution in [3.05, 3.63) is 71.9 Å². The van der Waals surface area contributed by atoms with E-state index in [2.05, 4.69) is 5.32 Å². The minimum Gasteiger partial charge on any atom is -0.478 e. The molecule has 0 saturated heterocycles. The fourth-order valence-electron chi connectivity index (χ4n) is 2.30. The van der Waals surface area contributed by atoms with E-state index >= 15 is 0 Å². The highest BCUT2D eigenvalue weighted by Crippen LogP contribution is 2.22. The summed E-state index contributed by atoms with van der Waals surface area (Å²) in [5, 5.41) is 12.0. The summed E-state index contributed by atoms with van der Waals surface area (Å²) in [6, 6.07) is 15.9. The van der Waals surface area contributed by atoms with Crippen molar-refractivity contribution in [1.29, 1.82) is 0 Å². The lowest BCUT2D eigenvalue weighted by Gasteiger charge is -2.17. The summed E-state index contributed by atoms with van der Waals surface area (Å²) in [6.45, 7) is 0.462.